The second-order valence-electron chi connectivity index (χ2n) is 10.2. The van der Waals surface area contributed by atoms with Gasteiger partial charge in [-0.15, -0.1) is 11.8 Å². The molecule has 0 radical (unpaired) electrons. The molecule has 0 saturated heterocycles. The lowest BCUT2D eigenvalue weighted by molar-refractivity contribution is -0.136. The number of hydrogen-bond acceptors (Lipinski definition) is 3. The molecule has 29 heavy (non-hydrogen) atoms. The van der Waals surface area contributed by atoms with Crippen molar-refractivity contribution < 1.29 is 15.0 Å². The maximum atomic E-state index is 11.7. The Balaban J connectivity index is 2.88. The molecular formula is C25H42O3S. The van der Waals surface area contributed by atoms with Crippen LogP contribution in [0.1, 0.15) is 110 Å². The van der Waals surface area contributed by atoms with Crippen molar-refractivity contribution in [3.8, 4) is 5.75 Å². The lowest BCUT2D eigenvalue weighted by Gasteiger charge is -2.28. The summed E-state index contributed by atoms with van der Waals surface area (Å²) < 4.78 is 0. The van der Waals surface area contributed by atoms with Crippen molar-refractivity contribution in [1.82, 2.24) is 0 Å². The van der Waals surface area contributed by atoms with Gasteiger partial charge in [-0.25, -0.2) is 0 Å². The Kier molecular flexibility index (Phi) is 10.1. The quantitative estimate of drug-likeness (QED) is 0.364. The summed E-state index contributed by atoms with van der Waals surface area (Å²) in [5, 5.41) is 20.1. The van der Waals surface area contributed by atoms with Crippen LogP contribution in [0, 0.1) is 0 Å². The third-order valence-electron chi connectivity index (χ3n) is 5.33. The van der Waals surface area contributed by atoms with E-state index in [1.165, 1.54) is 37.4 Å². The van der Waals surface area contributed by atoms with E-state index in [2.05, 4.69) is 60.6 Å². The van der Waals surface area contributed by atoms with Crippen LogP contribution in [-0.4, -0.2) is 21.4 Å². The number of unbranched alkanes of at least 4 members (excludes halogenated alkanes) is 5. The molecule has 0 aromatic heterocycles. The summed E-state index contributed by atoms with van der Waals surface area (Å²) in [6.07, 6.45) is 7.77. The van der Waals surface area contributed by atoms with Crippen LogP contribution in [0.15, 0.2) is 12.1 Å². The Bertz CT molecular complexity index is 618. The van der Waals surface area contributed by atoms with Crippen LogP contribution in [0.5, 0.6) is 5.75 Å². The third-order valence-corrected chi connectivity index (χ3v) is 6.67. The van der Waals surface area contributed by atoms with Gasteiger partial charge in [0.1, 0.15) is 11.0 Å². The summed E-state index contributed by atoms with van der Waals surface area (Å²) in [5.41, 5.74) is 2.62. The molecule has 0 heterocycles. The predicted molar refractivity (Wildman–Crippen MR) is 126 cm³/mol. The molecule has 4 heteroatoms. The average molecular weight is 423 g/mol. The summed E-state index contributed by atoms with van der Waals surface area (Å²) in [6, 6.07) is 4.11. The minimum absolute atomic E-state index is 0.171. The number of phenolic OH excluding ortho intramolecular Hbond substituents is 1. The molecule has 3 nitrogen and oxygen atoms in total. The van der Waals surface area contributed by atoms with Crippen LogP contribution >= 0.6 is 11.8 Å². The molecular weight excluding hydrogens is 380 g/mol. The van der Waals surface area contributed by atoms with Gasteiger partial charge in [-0.05, 0) is 33.9 Å². The van der Waals surface area contributed by atoms with Gasteiger partial charge >= 0.3 is 5.97 Å². The van der Waals surface area contributed by atoms with Crippen molar-refractivity contribution >= 4 is 17.7 Å². The molecule has 0 fully saturated rings. The molecule has 0 aliphatic carbocycles. The minimum Gasteiger partial charge on any atom is -0.507 e. The molecule has 0 spiro atoms. The predicted octanol–water partition coefficient (Wildman–Crippen LogP) is 7.42. The second-order valence-corrected chi connectivity index (χ2v) is 11.4. The van der Waals surface area contributed by atoms with Gasteiger partial charge in [0.15, 0.2) is 0 Å². The molecule has 1 atom stereocenters. The first kappa shape index (κ1) is 25.9. The van der Waals surface area contributed by atoms with E-state index in [0.29, 0.717) is 11.5 Å². The number of hydrogen-bond donors (Lipinski definition) is 2. The summed E-state index contributed by atoms with van der Waals surface area (Å²) in [7, 11) is 0. The molecule has 0 bridgehead atoms. The first-order valence-electron chi connectivity index (χ1n) is 11.1. The van der Waals surface area contributed by atoms with Gasteiger partial charge < -0.3 is 10.2 Å². The van der Waals surface area contributed by atoms with Gasteiger partial charge in [-0.1, -0.05) is 99.1 Å². The molecule has 1 aromatic carbocycles. The van der Waals surface area contributed by atoms with Crippen LogP contribution in [0.4, 0.5) is 0 Å². The molecule has 0 saturated carbocycles. The number of benzene rings is 1. The highest BCUT2D eigenvalue weighted by atomic mass is 32.2. The minimum atomic E-state index is -0.713. The van der Waals surface area contributed by atoms with Gasteiger partial charge in [0.05, 0.1) is 0 Å². The fourth-order valence-electron chi connectivity index (χ4n) is 3.51. The largest absolute Gasteiger partial charge is 0.507 e. The topological polar surface area (TPSA) is 57.5 Å². The van der Waals surface area contributed by atoms with Gasteiger partial charge in [-0.3, -0.25) is 4.79 Å². The van der Waals surface area contributed by atoms with Crippen LogP contribution in [-0.2, 0) is 21.4 Å². The maximum absolute atomic E-state index is 11.7. The Morgan fingerprint density at radius 1 is 0.931 bits per heavy atom. The molecule has 1 aromatic rings. The van der Waals surface area contributed by atoms with Gasteiger partial charge in [0.25, 0.3) is 0 Å². The lowest BCUT2D eigenvalue weighted by atomic mass is 9.78. The van der Waals surface area contributed by atoms with Crippen molar-refractivity contribution in [1.29, 1.82) is 0 Å². The highest BCUT2D eigenvalue weighted by Gasteiger charge is 2.27. The third kappa shape index (κ3) is 8.62. The van der Waals surface area contributed by atoms with E-state index >= 15 is 0 Å². The van der Waals surface area contributed by atoms with Crippen molar-refractivity contribution in [3.63, 3.8) is 0 Å². The van der Waals surface area contributed by atoms with Crippen molar-refractivity contribution in [2.24, 2.45) is 0 Å². The SMILES string of the molecule is CCCCCCCCC(SCc1cc(C(C)(C)C)c(O)c(C(C)(C)C)c1)C(=O)O. The molecule has 0 amide bonds. The summed E-state index contributed by atoms with van der Waals surface area (Å²) in [4.78, 5) is 11.7. The zero-order chi connectivity index (χ0) is 22.2. The highest BCUT2D eigenvalue weighted by Crippen LogP contribution is 2.40. The van der Waals surface area contributed by atoms with E-state index in [0.717, 1.165) is 36.0 Å². The Morgan fingerprint density at radius 3 is 1.86 bits per heavy atom. The fourth-order valence-corrected chi connectivity index (χ4v) is 4.54. The molecule has 1 unspecified atom stereocenters. The van der Waals surface area contributed by atoms with Crippen LogP contribution in [0.3, 0.4) is 0 Å². The summed E-state index contributed by atoms with van der Waals surface area (Å²) in [5.74, 6) is 0.314. The summed E-state index contributed by atoms with van der Waals surface area (Å²) in [6.45, 7) is 14.8. The zero-order valence-electron chi connectivity index (χ0n) is 19.6. The number of phenols is 1. The first-order chi connectivity index (χ1) is 13.4. The maximum Gasteiger partial charge on any atom is 0.316 e. The normalized spacial score (nSPS) is 13.5. The molecule has 1 rings (SSSR count). The number of aromatic hydroxyl groups is 1. The smallest absolute Gasteiger partial charge is 0.316 e. The molecule has 0 aliphatic heterocycles. The Morgan fingerprint density at radius 2 is 1.41 bits per heavy atom. The van der Waals surface area contributed by atoms with E-state index < -0.39 is 5.97 Å². The number of carbonyl (C=O) groups is 1. The van der Waals surface area contributed by atoms with Crippen molar-refractivity contribution in [3.05, 3.63) is 28.8 Å². The standard InChI is InChI=1S/C25H42O3S/c1-8-9-10-11-12-13-14-21(23(27)28)29-17-18-15-19(24(2,3)4)22(26)20(16-18)25(5,6)7/h15-16,21,26H,8-14,17H2,1-7H3,(H,27,28). The molecule has 2 N–H and O–H groups in total. The second kappa shape index (κ2) is 11.3. The molecule has 0 aliphatic rings. The van der Waals surface area contributed by atoms with Crippen LogP contribution < -0.4 is 0 Å². The molecule has 166 valence electrons. The zero-order valence-corrected chi connectivity index (χ0v) is 20.4. The number of thioether (sulfide) groups is 1. The van der Waals surface area contributed by atoms with Gasteiger partial charge in [-0.2, -0.15) is 0 Å². The van der Waals surface area contributed by atoms with E-state index in [4.69, 9.17) is 0 Å². The number of rotatable bonds is 11. The lowest BCUT2D eigenvalue weighted by Crippen LogP contribution is -2.19. The van der Waals surface area contributed by atoms with Gasteiger partial charge in [0, 0.05) is 5.75 Å². The van der Waals surface area contributed by atoms with Crippen LogP contribution in [0.2, 0.25) is 0 Å². The van der Waals surface area contributed by atoms with Gasteiger partial charge in [0.2, 0.25) is 0 Å². The monoisotopic (exact) mass is 422 g/mol. The Labute approximate surface area is 182 Å². The summed E-state index contributed by atoms with van der Waals surface area (Å²) >= 11 is 1.51. The number of aliphatic carboxylic acids is 1. The van der Waals surface area contributed by atoms with E-state index in [1.54, 1.807) is 0 Å². The number of carboxylic acid groups (broad SMARTS) is 1. The fraction of sp³-hybridized carbons (Fsp3) is 0.720. The van der Waals surface area contributed by atoms with Crippen LogP contribution in [0.25, 0.3) is 0 Å². The average Bonchev–Trinajstić information content (AvgIpc) is 2.59. The van der Waals surface area contributed by atoms with E-state index in [-0.39, 0.29) is 16.1 Å². The van der Waals surface area contributed by atoms with Crippen molar-refractivity contribution in [2.75, 3.05) is 0 Å². The number of carboxylic acids is 1. The first-order valence-corrected chi connectivity index (χ1v) is 12.1. The van der Waals surface area contributed by atoms with Crippen molar-refractivity contribution in [2.45, 2.75) is 115 Å². The van der Waals surface area contributed by atoms with E-state index in [9.17, 15) is 15.0 Å². The van der Waals surface area contributed by atoms with E-state index in [1.807, 2.05) is 0 Å². The Hall–Kier alpha value is -1.16. The highest BCUT2D eigenvalue weighted by molar-refractivity contribution is 7.99.